The number of aliphatic hydroxyl groups is 1. The average molecular weight is 276 g/mol. The van der Waals surface area contributed by atoms with E-state index < -0.39 is 0 Å². The molecule has 102 valence electrons. The second-order valence-electron chi connectivity index (χ2n) is 5.16. The molecule has 4 heteroatoms. The predicted octanol–water partition coefficient (Wildman–Crippen LogP) is 2.67. The number of benzene rings is 1. The van der Waals surface area contributed by atoms with Crippen LogP contribution in [-0.4, -0.2) is 22.5 Å². The van der Waals surface area contributed by atoms with Gasteiger partial charge in [0.1, 0.15) is 6.07 Å². The van der Waals surface area contributed by atoms with Gasteiger partial charge in [-0.3, -0.25) is 0 Å². The average Bonchev–Trinajstić information content (AvgIpc) is 3.21. The van der Waals surface area contributed by atoms with Crippen molar-refractivity contribution in [3.05, 3.63) is 29.3 Å². The highest BCUT2D eigenvalue weighted by molar-refractivity contribution is 8.00. The molecule has 0 bridgehead atoms. The molecule has 19 heavy (non-hydrogen) atoms. The molecule has 1 fully saturated rings. The Labute approximate surface area is 119 Å². The molecule has 2 N–H and O–H groups in total. The number of nitrogens with one attached hydrogen (secondary N) is 1. The van der Waals surface area contributed by atoms with Crippen molar-refractivity contribution in [1.29, 1.82) is 5.26 Å². The number of hydrogen-bond acceptors (Lipinski definition) is 4. The van der Waals surface area contributed by atoms with Gasteiger partial charge in [-0.2, -0.15) is 5.26 Å². The second kappa shape index (κ2) is 6.42. The molecule has 2 atom stereocenters. The molecule has 0 aromatic heterocycles. The number of rotatable bonds is 6. The Morgan fingerprint density at radius 1 is 1.47 bits per heavy atom. The summed E-state index contributed by atoms with van der Waals surface area (Å²) in [5.74, 6) is 0. The van der Waals surface area contributed by atoms with Crippen LogP contribution >= 0.6 is 11.8 Å². The molecule has 1 aliphatic carbocycles. The molecule has 1 aliphatic rings. The van der Waals surface area contributed by atoms with Crippen molar-refractivity contribution in [2.75, 3.05) is 0 Å². The molecule has 1 aromatic carbocycles. The van der Waals surface area contributed by atoms with Gasteiger partial charge in [0, 0.05) is 22.7 Å². The van der Waals surface area contributed by atoms with E-state index in [1.807, 2.05) is 19.1 Å². The molecule has 2 rings (SSSR count). The molecule has 3 nitrogen and oxygen atoms in total. The molecule has 0 spiro atoms. The topological polar surface area (TPSA) is 56.0 Å². The van der Waals surface area contributed by atoms with Gasteiger partial charge in [0.05, 0.1) is 11.7 Å². The van der Waals surface area contributed by atoms with Crippen LogP contribution in [0.15, 0.2) is 23.1 Å². The standard InChI is InChI=1S/C15H20N2OS/c1-10(18)11(2)19-15-6-3-12(7-13(15)8-16)9-17-14-4-5-14/h3,6-7,10-11,14,17-18H,4-5,9H2,1-2H3. The maximum Gasteiger partial charge on any atom is 0.100 e. The number of hydrogen-bond donors (Lipinski definition) is 2. The van der Waals surface area contributed by atoms with Gasteiger partial charge >= 0.3 is 0 Å². The fourth-order valence-corrected chi connectivity index (χ4v) is 2.70. The van der Waals surface area contributed by atoms with E-state index in [9.17, 15) is 10.4 Å². The maximum absolute atomic E-state index is 9.54. The van der Waals surface area contributed by atoms with Gasteiger partial charge in [-0.1, -0.05) is 13.0 Å². The van der Waals surface area contributed by atoms with E-state index in [-0.39, 0.29) is 11.4 Å². The number of nitrogens with zero attached hydrogens (tertiary/aromatic N) is 1. The molecule has 0 aliphatic heterocycles. The lowest BCUT2D eigenvalue weighted by Gasteiger charge is -2.15. The van der Waals surface area contributed by atoms with E-state index >= 15 is 0 Å². The Morgan fingerprint density at radius 3 is 2.79 bits per heavy atom. The molecule has 0 heterocycles. The van der Waals surface area contributed by atoms with Crippen LogP contribution in [0.3, 0.4) is 0 Å². The molecule has 0 radical (unpaired) electrons. The minimum atomic E-state index is -0.382. The Morgan fingerprint density at radius 2 is 2.21 bits per heavy atom. The molecule has 2 unspecified atom stereocenters. The SMILES string of the molecule is CC(O)C(C)Sc1ccc(CNC2CC2)cc1C#N. The van der Waals surface area contributed by atoms with E-state index in [0.717, 1.165) is 17.0 Å². The largest absolute Gasteiger partial charge is 0.392 e. The smallest absolute Gasteiger partial charge is 0.100 e. The van der Waals surface area contributed by atoms with Crippen LogP contribution in [0.1, 0.15) is 37.8 Å². The minimum Gasteiger partial charge on any atom is -0.392 e. The first-order chi connectivity index (χ1) is 9.10. The highest BCUT2D eigenvalue weighted by Crippen LogP contribution is 2.29. The van der Waals surface area contributed by atoms with Crippen molar-refractivity contribution < 1.29 is 5.11 Å². The number of nitriles is 1. The van der Waals surface area contributed by atoms with Crippen LogP contribution in [0.25, 0.3) is 0 Å². The summed E-state index contributed by atoms with van der Waals surface area (Å²) in [5.41, 5.74) is 1.85. The molecule has 1 saturated carbocycles. The Balaban J connectivity index is 2.04. The first-order valence-corrected chi connectivity index (χ1v) is 7.59. The van der Waals surface area contributed by atoms with Gasteiger partial charge in [-0.15, -0.1) is 11.8 Å². The zero-order valence-corrected chi connectivity index (χ0v) is 12.2. The van der Waals surface area contributed by atoms with Gasteiger partial charge in [-0.05, 0) is 37.5 Å². The van der Waals surface area contributed by atoms with Crippen molar-refractivity contribution in [2.24, 2.45) is 0 Å². The summed E-state index contributed by atoms with van der Waals surface area (Å²) in [6.45, 7) is 4.58. The quantitative estimate of drug-likeness (QED) is 0.784. The molecule has 0 amide bonds. The van der Waals surface area contributed by atoms with Crippen LogP contribution < -0.4 is 5.32 Å². The highest BCUT2D eigenvalue weighted by Gasteiger charge is 2.20. The summed E-state index contributed by atoms with van der Waals surface area (Å²) in [5, 5.41) is 22.3. The number of thioether (sulfide) groups is 1. The Hall–Kier alpha value is -1.02. The van der Waals surface area contributed by atoms with E-state index in [2.05, 4.69) is 17.5 Å². The summed E-state index contributed by atoms with van der Waals surface area (Å²) < 4.78 is 0. The van der Waals surface area contributed by atoms with E-state index in [0.29, 0.717) is 11.6 Å². The van der Waals surface area contributed by atoms with E-state index in [1.54, 1.807) is 18.7 Å². The lowest BCUT2D eigenvalue weighted by atomic mass is 10.1. The van der Waals surface area contributed by atoms with Crippen molar-refractivity contribution in [2.45, 2.75) is 55.5 Å². The van der Waals surface area contributed by atoms with Gasteiger partial charge in [0.2, 0.25) is 0 Å². The van der Waals surface area contributed by atoms with Crippen molar-refractivity contribution in [1.82, 2.24) is 5.32 Å². The summed E-state index contributed by atoms with van der Waals surface area (Å²) in [6, 6.07) is 8.93. The molecule has 1 aromatic rings. The zero-order valence-electron chi connectivity index (χ0n) is 11.4. The summed E-state index contributed by atoms with van der Waals surface area (Å²) in [4.78, 5) is 0.950. The van der Waals surface area contributed by atoms with Gasteiger partial charge in [-0.25, -0.2) is 0 Å². The second-order valence-corrected chi connectivity index (χ2v) is 6.58. The van der Waals surface area contributed by atoms with Crippen LogP contribution in [0.2, 0.25) is 0 Å². The van der Waals surface area contributed by atoms with Gasteiger partial charge < -0.3 is 10.4 Å². The lowest BCUT2D eigenvalue weighted by molar-refractivity contribution is 0.196. The Kier molecular flexibility index (Phi) is 4.87. The van der Waals surface area contributed by atoms with Crippen molar-refractivity contribution in [3.8, 4) is 6.07 Å². The van der Waals surface area contributed by atoms with Gasteiger partial charge in [0.15, 0.2) is 0 Å². The molecule has 0 saturated heterocycles. The zero-order chi connectivity index (χ0) is 13.8. The summed E-state index contributed by atoms with van der Waals surface area (Å²) in [6.07, 6.45) is 2.16. The fraction of sp³-hybridized carbons (Fsp3) is 0.533. The summed E-state index contributed by atoms with van der Waals surface area (Å²) in [7, 11) is 0. The minimum absolute atomic E-state index is 0.0857. The normalized spacial score (nSPS) is 17.8. The first-order valence-electron chi connectivity index (χ1n) is 6.71. The lowest BCUT2D eigenvalue weighted by Crippen LogP contribution is -2.16. The van der Waals surface area contributed by atoms with Crippen LogP contribution in [0.4, 0.5) is 0 Å². The third-order valence-electron chi connectivity index (χ3n) is 3.33. The molecular formula is C15H20N2OS. The predicted molar refractivity (Wildman–Crippen MR) is 78.0 cm³/mol. The molecular weight excluding hydrogens is 256 g/mol. The summed E-state index contributed by atoms with van der Waals surface area (Å²) >= 11 is 1.56. The van der Waals surface area contributed by atoms with Crippen LogP contribution in [0, 0.1) is 11.3 Å². The van der Waals surface area contributed by atoms with Crippen molar-refractivity contribution >= 4 is 11.8 Å². The number of aliphatic hydroxyl groups excluding tert-OH is 1. The van der Waals surface area contributed by atoms with Crippen LogP contribution in [-0.2, 0) is 6.54 Å². The van der Waals surface area contributed by atoms with E-state index in [4.69, 9.17) is 0 Å². The third-order valence-corrected chi connectivity index (χ3v) is 4.70. The highest BCUT2D eigenvalue weighted by atomic mass is 32.2. The van der Waals surface area contributed by atoms with Gasteiger partial charge in [0.25, 0.3) is 0 Å². The third kappa shape index (κ3) is 4.24. The fourth-order valence-electron chi connectivity index (χ4n) is 1.73. The maximum atomic E-state index is 9.54. The first kappa shape index (κ1) is 14.4. The monoisotopic (exact) mass is 276 g/mol. The van der Waals surface area contributed by atoms with E-state index in [1.165, 1.54) is 12.8 Å². The van der Waals surface area contributed by atoms with Crippen LogP contribution in [0.5, 0.6) is 0 Å². The van der Waals surface area contributed by atoms with Crippen molar-refractivity contribution in [3.63, 3.8) is 0 Å². The Bertz CT molecular complexity index is 478.